The minimum atomic E-state index is -0.184. The number of carbonyl (C=O) groups excluding carboxylic acids is 1. The van der Waals surface area contributed by atoms with Crippen molar-refractivity contribution in [2.45, 2.75) is 6.42 Å². The Kier molecular flexibility index (Phi) is 4.29. The monoisotopic (exact) mass is 404 g/mol. The largest absolute Gasteiger partial charge is 0.507 e. The van der Waals surface area contributed by atoms with Gasteiger partial charge >= 0.3 is 0 Å². The molecule has 0 aliphatic carbocycles. The molecule has 0 unspecified atom stereocenters. The zero-order valence-corrected chi connectivity index (χ0v) is 16.0. The number of hydrogen-bond acceptors (Lipinski definition) is 6. The van der Waals surface area contributed by atoms with Crippen molar-refractivity contribution in [1.82, 2.24) is 4.98 Å². The van der Waals surface area contributed by atoms with Crippen LogP contribution in [-0.4, -0.2) is 22.8 Å². The molecule has 3 aromatic carbocycles. The van der Waals surface area contributed by atoms with Crippen molar-refractivity contribution >= 4 is 33.1 Å². The Morgan fingerprint density at radius 3 is 2.79 bits per heavy atom. The molecule has 1 amide bonds. The van der Waals surface area contributed by atoms with Crippen LogP contribution in [-0.2, 0) is 11.2 Å². The number of hydrogen-bond donors (Lipinski definition) is 2. The number of para-hydroxylation sites is 1. The number of carbonyl (C=O) groups is 1. The van der Waals surface area contributed by atoms with Gasteiger partial charge in [0, 0.05) is 11.8 Å². The summed E-state index contributed by atoms with van der Waals surface area (Å²) in [5.41, 5.74) is 2.88. The van der Waals surface area contributed by atoms with E-state index in [2.05, 4.69) is 10.3 Å². The van der Waals surface area contributed by atoms with Crippen LogP contribution in [0.3, 0.4) is 0 Å². The molecule has 6 nitrogen and oxygen atoms in total. The van der Waals surface area contributed by atoms with Crippen molar-refractivity contribution in [3.05, 3.63) is 66.2 Å². The highest BCUT2D eigenvalue weighted by Gasteiger charge is 2.15. The van der Waals surface area contributed by atoms with Gasteiger partial charge < -0.3 is 19.9 Å². The normalized spacial score (nSPS) is 12.3. The number of amides is 1. The van der Waals surface area contributed by atoms with Crippen LogP contribution >= 0.6 is 11.3 Å². The van der Waals surface area contributed by atoms with E-state index in [1.807, 2.05) is 30.3 Å². The van der Waals surface area contributed by atoms with Crippen molar-refractivity contribution in [3.8, 4) is 27.8 Å². The molecule has 144 valence electrons. The molecular formula is C22H16N2O4S. The van der Waals surface area contributed by atoms with Crippen LogP contribution in [0, 0.1) is 0 Å². The highest BCUT2D eigenvalue weighted by Crippen LogP contribution is 2.36. The van der Waals surface area contributed by atoms with Gasteiger partial charge in [-0.2, -0.15) is 0 Å². The molecule has 0 saturated heterocycles. The molecule has 1 aromatic heterocycles. The topological polar surface area (TPSA) is 80.7 Å². The summed E-state index contributed by atoms with van der Waals surface area (Å²) in [5, 5.41) is 14.0. The first-order valence-electron chi connectivity index (χ1n) is 9.03. The lowest BCUT2D eigenvalue weighted by molar-refractivity contribution is -0.115. The fraction of sp³-hybridized carbons (Fsp3) is 0.0909. The maximum Gasteiger partial charge on any atom is 0.231 e. The summed E-state index contributed by atoms with van der Waals surface area (Å²) < 4.78 is 11.7. The van der Waals surface area contributed by atoms with E-state index >= 15 is 0 Å². The number of nitrogens with zero attached hydrogens (tertiary/aromatic N) is 1. The van der Waals surface area contributed by atoms with Crippen molar-refractivity contribution in [3.63, 3.8) is 0 Å². The number of nitrogens with one attached hydrogen (secondary N) is 1. The van der Waals surface area contributed by atoms with Crippen molar-refractivity contribution in [1.29, 1.82) is 0 Å². The average Bonchev–Trinajstić information content (AvgIpc) is 3.34. The quantitative estimate of drug-likeness (QED) is 0.520. The Labute approximate surface area is 170 Å². The van der Waals surface area contributed by atoms with Crippen molar-refractivity contribution in [2.24, 2.45) is 0 Å². The van der Waals surface area contributed by atoms with Crippen molar-refractivity contribution < 1.29 is 19.4 Å². The smallest absolute Gasteiger partial charge is 0.231 e. The maximum atomic E-state index is 12.4. The number of aromatic hydroxyl groups is 1. The number of fused-ring (bicyclic) bond motifs is 2. The number of ether oxygens (including phenoxy) is 2. The van der Waals surface area contributed by atoms with Crippen LogP contribution in [0.2, 0.25) is 0 Å². The third-order valence-corrected chi connectivity index (χ3v) is 5.68. The summed E-state index contributed by atoms with van der Waals surface area (Å²) >= 11 is 1.52. The summed E-state index contributed by atoms with van der Waals surface area (Å²) in [7, 11) is 0. The lowest BCUT2D eigenvalue weighted by atomic mass is 10.1. The summed E-state index contributed by atoms with van der Waals surface area (Å²) in [6, 6.07) is 18.3. The molecule has 2 heterocycles. The lowest BCUT2D eigenvalue weighted by Gasteiger charge is -2.08. The Morgan fingerprint density at radius 2 is 1.93 bits per heavy atom. The van der Waals surface area contributed by atoms with Gasteiger partial charge in [-0.1, -0.05) is 18.2 Å². The van der Waals surface area contributed by atoms with Crippen LogP contribution in [0.5, 0.6) is 17.2 Å². The molecule has 1 aliphatic rings. The molecule has 7 heteroatoms. The summed E-state index contributed by atoms with van der Waals surface area (Å²) in [5.74, 6) is 1.22. The third kappa shape index (κ3) is 3.48. The van der Waals surface area contributed by atoms with Gasteiger partial charge in [-0.15, -0.1) is 11.3 Å². The fourth-order valence-electron chi connectivity index (χ4n) is 3.22. The first kappa shape index (κ1) is 17.5. The van der Waals surface area contributed by atoms with E-state index in [0.29, 0.717) is 22.7 Å². The third-order valence-electron chi connectivity index (χ3n) is 4.61. The number of anilines is 1. The van der Waals surface area contributed by atoms with Crippen LogP contribution < -0.4 is 14.8 Å². The van der Waals surface area contributed by atoms with Crippen LogP contribution in [0.15, 0.2) is 60.7 Å². The van der Waals surface area contributed by atoms with Crippen molar-refractivity contribution in [2.75, 3.05) is 12.1 Å². The van der Waals surface area contributed by atoms with Gasteiger partial charge in [-0.25, -0.2) is 4.98 Å². The fourth-order valence-corrected chi connectivity index (χ4v) is 4.22. The molecule has 0 radical (unpaired) electrons. The van der Waals surface area contributed by atoms with E-state index in [9.17, 15) is 9.90 Å². The minimum absolute atomic E-state index is 0.0740. The van der Waals surface area contributed by atoms with E-state index in [1.165, 1.54) is 11.3 Å². The molecule has 1 aliphatic heterocycles. The number of aromatic nitrogens is 1. The van der Waals surface area contributed by atoms with Gasteiger partial charge in [0.2, 0.25) is 12.7 Å². The second kappa shape index (κ2) is 7.10. The molecule has 0 atom stereocenters. The van der Waals surface area contributed by atoms with Gasteiger partial charge in [0.1, 0.15) is 10.8 Å². The number of benzene rings is 3. The molecule has 0 spiro atoms. The van der Waals surface area contributed by atoms with Crippen LogP contribution in [0.4, 0.5) is 5.69 Å². The molecule has 0 saturated carbocycles. The standard InChI is InChI=1S/C22H16N2O4S/c25-17-11-14(6-7-15(17)22-24-16-3-1-2-4-20(16)29-22)23-21(26)10-13-5-8-18-19(9-13)28-12-27-18/h1-9,11,25H,10,12H2,(H,23,26). The molecule has 29 heavy (non-hydrogen) atoms. The zero-order chi connectivity index (χ0) is 19.8. The second-order valence-corrected chi connectivity index (χ2v) is 7.66. The zero-order valence-electron chi connectivity index (χ0n) is 15.2. The molecule has 5 rings (SSSR count). The van der Waals surface area contributed by atoms with Crippen LogP contribution in [0.25, 0.3) is 20.8 Å². The van der Waals surface area contributed by atoms with E-state index < -0.39 is 0 Å². The Hall–Kier alpha value is -3.58. The molecule has 4 aromatic rings. The SMILES string of the molecule is O=C(Cc1ccc2c(c1)OCO2)Nc1ccc(-c2nc3ccccc3s2)c(O)c1. The van der Waals surface area contributed by atoms with E-state index in [4.69, 9.17) is 9.47 Å². The molecule has 0 bridgehead atoms. The Balaban J connectivity index is 1.31. The lowest BCUT2D eigenvalue weighted by Crippen LogP contribution is -2.14. The predicted molar refractivity (Wildman–Crippen MR) is 112 cm³/mol. The number of thiazole rings is 1. The molecular weight excluding hydrogens is 388 g/mol. The van der Waals surface area contributed by atoms with E-state index in [0.717, 1.165) is 20.8 Å². The first-order valence-corrected chi connectivity index (χ1v) is 9.85. The van der Waals surface area contributed by atoms with E-state index in [1.54, 1.807) is 30.3 Å². The van der Waals surface area contributed by atoms with Gasteiger partial charge in [0.25, 0.3) is 0 Å². The first-order chi connectivity index (χ1) is 14.2. The van der Waals surface area contributed by atoms with Gasteiger partial charge in [0.15, 0.2) is 11.5 Å². The summed E-state index contributed by atoms with van der Waals surface area (Å²) in [6.45, 7) is 0.200. The predicted octanol–water partition coefficient (Wildman–Crippen LogP) is 4.58. The van der Waals surface area contributed by atoms with Gasteiger partial charge in [-0.3, -0.25) is 4.79 Å². The summed E-state index contributed by atoms with van der Waals surface area (Å²) in [6.07, 6.45) is 0.191. The van der Waals surface area contributed by atoms with Gasteiger partial charge in [0.05, 0.1) is 22.2 Å². The summed E-state index contributed by atoms with van der Waals surface area (Å²) in [4.78, 5) is 17.0. The second-order valence-electron chi connectivity index (χ2n) is 6.63. The number of rotatable bonds is 4. The molecule has 0 fully saturated rings. The molecule has 2 N–H and O–H groups in total. The Morgan fingerprint density at radius 1 is 1.07 bits per heavy atom. The Bertz CT molecular complexity index is 1200. The highest BCUT2D eigenvalue weighted by molar-refractivity contribution is 7.21. The minimum Gasteiger partial charge on any atom is -0.507 e. The van der Waals surface area contributed by atoms with Gasteiger partial charge in [-0.05, 0) is 42.0 Å². The van der Waals surface area contributed by atoms with Crippen LogP contribution in [0.1, 0.15) is 5.56 Å². The number of phenolic OH excluding ortho intramolecular Hbond substituents is 1. The van der Waals surface area contributed by atoms with E-state index in [-0.39, 0.29) is 24.9 Å². The maximum absolute atomic E-state index is 12.4. The average molecular weight is 404 g/mol. The number of phenols is 1. The highest BCUT2D eigenvalue weighted by atomic mass is 32.1.